The fourth-order valence-electron chi connectivity index (χ4n) is 1.51. The lowest BCUT2D eigenvalue weighted by molar-refractivity contribution is 1.79. The van der Waals surface area contributed by atoms with Crippen molar-refractivity contribution in [1.29, 1.82) is 0 Å². The molecule has 0 nitrogen and oxygen atoms in total. The Hall–Kier alpha value is -0.470. The van der Waals surface area contributed by atoms with Crippen LogP contribution in [0.4, 0.5) is 0 Å². The summed E-state index contributed by atoms with van der Waals surface area (Å²) in [5, 5.41) is 2.17. The van der Waals surface area contributed by atoms with Crippen molar-refractivity contribution in [3.63, 3.8) is 0 Å². The molecular formula is C9H6S2. The Morgan fingerprint density at radius 3 is 3.36 bits per heavy atom. The molecule has 0 unspecified atom stereocenters. The zero-order chi connectivity index (χ0) is 7.26. The van der Waals surface area contributed by atoms with Gasteiger partial charge >= 0.3 is 0 Å². The van der Waals surface area contributed by atoms with Crippen LogP contribution in [0.25, 0.3) is 11.6 Å². The van der Waals surface area contributed by atoms with E-state index in [2.05, 4.69) is 23.6 Å². The number of rotatable bonds is 0. The van der Waals surface area contributed by atoms with E-state index < -0.39 is 0 Å². The first kappa shape index (κ1) is 6.09. The lowest BCUT2D eigenvalue weighted by atomic mass is 10.2. The largest absolute Gasteiger partial charge is 0.143 e. The third kappa shape index (κ3) is 0.713. The van der Waals surface area contributed by atoms with Crippen molar-refractivity contribution in [2.75, 3.05) is 5.75 Å². The van der Waals surface area contributed by atoms with Gasteiger partial charge in [-0.25, -0.2) is 0 Å². The van der Waals surface area contributed by atoms with E-state index in [1.807, 2.05) is 23.1 Å². The molecule has 0 N–H and O–H groups in total. The van der Waals surface area contributed by atoms with E-state index in [0.717, 1.165) is 0 Å². The van der Waals surface area contributed by atoms with Gasteiger partial charge in [-0.1, -0.05) is 6.08 Å². The Bertz CT molecular complexity index is 369. The van der Waals surface area contributed by atoms with Crippen LogP contribution >= 0.6 is 23.1 Å². The van der Waals surface area contributed by atoms with Crippen molar-refractivity contribution in [1.82, 2.24) is 0 Å². The highest BCUT2D eigenvalue weighted by molar-refractivity contribution is 8.04. The first-order valence-corrected chi connectivity index (χ1v) is 5.44. The summed E-state index contributed by atoms with van der Waals surface area (Å²) in [5.74, 6) is 1.17. The van der Waals surface area contributed by atoms with Crippen LogP contribution in [0.5, 0.6) is 0 Å². The Morgan fingerprint density at radius 1 is 1.36 bits per heavy atom. The van der Waals surface area contributed by atoms with Crippen molar-refractivity contribution < 1.29 is 0 Å². The van der Waals surface area contributed by atoms with Gasteiger partial charge in [-0.15, -0.1) is 23.1 Å². The van der Waals surface area contributed by atoms with E-state index in [1.54, 1.807) is 0 Å². The van der Waals surface area contributed by atoms with E-state index in [9.17, 15) is 0 Å². The highest BCUT2D eigenvalue weighted by Crippen LogP contribution is 2.47. The number of hydrogen-bond acceptors (Lipinski definition) is 2. The van der Waals surface area contributed by atoms with Crippen molar-refractivity contribution in [3.05, 3.63) is 32.9 Å². The number of hydrogen-bond donors (Lipinski definition) is 0. The van der Waals surface area contributed by atoms with Gasteiger partial charge in [-0.3, -0.25) is 0 Å². The maximum Gasteiger partial charge on any atom is 0.0423 e. The summed E-state index contributed by atoms with van der Waals surface area (Å²) >= 11 is 3.80. The summed E-state index contributed by atoms with van der Waals surface area (Å²) in [7, 11) is 0. The van der Waals surface area contributed by atoms with Crippen molar-refractivity contribution in [2.24, 2.45) is 0 Å². The predicted molar refractivity (Wildman–Crippen MR) is 52.7 cm³/mol. The minimum Gasteiger partial charge on any atom is -0.143 e. The average Bonchev–Trinajstić information content (AvgIpc) is 2.52. The maximum atomic E-state index is 2.33. The summed E-state index contributed by atoms with van der Waals surface area (Å²) in [5.41, 5.74) is 2.91. The second-order valence-electron chi connectivity index (χ2n) is 2.64. The van der Waals surface area contributed by atoms with Crippen LogP contribution in [0, 0.1) is 0 Å². The van der Waals surface area contributed by atoms with Crippen LogP contribution in [-0.2, 0) is 0 Å². The van der Waals surface area contributed by atoms with Gasteiger partial charge in [0.1, 0.15) is 0 Å². The molecule has 0 fully saturated rings. The number of fused-ring (bicyclic) bond motifs is 3. The number of allylic oxidation sites excluding steroid dienone is 1. The Balaban J connectivity index is 2.32. The molecule has 54 valence electrons. The van der Waals surface area contributed by atoms with Gasteiger partial charge < -0.3 is 0 Å². The molecule has 0 aromatic carbocycles. The molecule has 0 bridgehead atoms. The molecule has 0 amide bonds. The van der Waals surface area contributed by atoms with E-state index in [0.29, 0.717) is 0 Å². The zero-order valence-electron chi connectivity index (χ0n) is 5.83. The Labute approximate surface area is 73.6 Å². The van der Waals surface area contributed by atoms with Crippen LogP contribution in [-0.4, -0.2) is 5.75 Å². The quantitative estimate of drug-likeness (QED) is 0.587. The van der Waals surface area contributed by atoms with E-state index >= 15 is 0 Å². The fraction of sp³-hybridized carbons (Fsp3) is 0.111. The molecule has 1 aromatic heterocycles. The monoisotopic (exact) mass is 178 g/mol. The summed E-state index contributed by atoms with van der Waals surface area (Å²) in [6.45, 7) is 0. The molecule has 3 rings (SSSR count). The highest BCUT2D eigenvalue weighted by atomic mass is 32.2. The second-order valence-corrected chi connectivity index (χ2v) is 4.62. The van der Waals surface area contributed by atoms with Gasteiger partial charge in [0, 0.05) is 21.1 Å². The standard InChI is InChI=1S/C9H6S2/c1-3-11-9-6(1)5-8-7(9)2-4-10-8/h1-3,5H,4H2. The van der Waals surface area contributed by atoms with Crippen molar-refractivity contribution >= 4 is 34.7 Å². The molecule has 2 heteroatoms. The molecule has 0 radical (unpaired) electrons. The minimum absolute atomic E-state index is 1.17. The highest BCUT2D eigenvalue weighted by Gasteiger charge is 2.22. The maximum absolute atomic E-state index is 2.33. The lowest BCUT2D eigenvalue weighted by Gasteiger charge is -1.91. The summed E-state index contributed by atoms with van der Waals surface area (Å²) in [6, 6.07) is 2.20. The summed E-state index contributed by atoms with van der Waals surface area (Å²) < 4.78 is 0. The third-order valence-corrected chi connectivity index (χ3v) is 3.96. The SMILES string of the molecule is C1=C2SCC=C2c2sccc21. The molecule has 0 atom stereocenters. The smallest absolute Gasteiger partial charge is 0.0423 e. The molecular weight excluding hydrogens is 172 g/mol. The van der Waals surface area contributed by atoms with Crippen LogP contribution in [0.3, 0.4) is 0 Å². The molecule has 2 heterocycles. The van der Waals surface area contributed by atoms with Crippen LogP contribution in [0.15, 0.2) is 22.4 Å². The van der Waals surface area contributed by atoms with Crippen LogP contribution in [0.1, 0.15) is 10.4 Å². The Morgan fingerprint density at radius 2 is 2.36 bits per heavy atom. The molecule has 1 aliphatic carbocycles. The first-order chi connectivity index (χ1) is 5.45. The average molecular weight is 178 g/mol. The van der Waals surface area contributed by atoms with E-state index in [4.69, 9.17) is 0 Å². The molecule has 1 aliphatic heterocycles. The molecule has 1 aromatic rings. The van der Waals surface area contributed by atoms with Gasteiger partial charge in [-0.2, -0.15) is 0 Å². The number of thioether (sulfide) groups is 1. The lowest BCUT2D eigenvalue weighted by Crippen LogP contribution is -1.68. The normalized spacial score (nSPS) is 19.3. The van der Waals surface area contributed by atoms with Gasteiger partial charge in [0.15, 0.2) is 0 Å². The zero-order valence-corrected chi connectivity index (χ0v) is 7.47. The van der Waals surface area contributed by atoms with E-state index in [1.165, 1.54) is 26.7 Å². The van der Waals surface area contributed by atoms with Crippen molar-refractivity contribution in [2.45, 2.75) is 0 Å². The molecule has 0 saturated carbocycles. The first-order valence-electron chi connectivity index (χ1n) is 3.58. The molecule has 0 spiro atoms. The van der Waals surface area contributed by atoms with Crippen LogP contribution in [0.2, 0.25) is 0 Å². The van der Waals surface area contributed by atoms with Gasteiger partial charge in [0.05, 0.1) is 0 Å². The topological polar surface area (TPSA) is 0 Å². The summed E-state index contributed by atoms with van der Waals surface area (Å²) in [4.78, 5) is 2.96. The van der Waals surface area contributed by atoms with Gasteiger partial charge in [0.25, 0.3) is 0 Å². The second kappa shape index (κ2) is 2.02. The third-order valence-electron chi connectivity index (χ3n) is 2.02. The van der Waals surface area contributed by atoms with Gasteiger partial charge in [-0.05, 0) is 23.1 Å². The van der Waals surface area contributed by atoms with E-state index in [-0.39, 0.29) is 0 Å². The van der Waals surface area contributed by atoms with Crippen LogP contribution < -0.4 is 0 Å². The van der Waals surface area contributed by atoms with Crippen molar-refractivity contribution in [3.8, 4) is 0 Å². The van der Waals surface area contributed by atoms with Gasteiger partial charge in [0.2, 0.25) is 0 Å². The molecule has 11 heavy (non-hydrogen) atoms. The fourth-order valence-corrected chi connectivity index (χ4v) is 3.49. The summed E-state index contributed by atoms with van der Waals surface area (Å²) in [6.07, 6.45) is 4.63. The Kier molecular flexibility index (Phi) is 1.12. The predicted octanol–water partition coefficient (Wildman–Crippen LogP) is 3.23. The number of thiophene rings is 1. The minimum atomic E-state index is 1.17. The molecule has 0 saturated heterocycles. The molecule has 2 aliphatic rings.